The highest BCUT2D eigenvalue weighted by Crippen LogP contribution is 2.34. The number of piperidine rings is 2. The lowest BCUT2D eigenvalue weighted by Gasteiger charge is -2.37. The molecule has 6 rings (SSSR count). The zero-order valence-electron chi connectivity index (χ0n) is 21.0. The van der Waals surface area contributed by atoms with Crippen LogP contribution in [-0.2, 0) is 14.4 Å². The van der Waals surface area contributed by atoms with Crippen LogP contribution in [0.3, 0.4) is 0 Å². The number of amides is 2. The highest BCUT2D eigenvalue weighted by atomic mass is 35.5. The zero-order valence-corrected chi connectivity index (χ0v) is 21.7. The van der Waals surface area contributed by atoms with Gasteiger partial charge in [0, 0.05) is 24.5 Å². The average molecular weight is 526 g/mol. The van der Waals surface area contributed by atoms with Crippen LogP contribution < -0.4 is 16.0 Å². The fourth-order valence-corrected chi connectivity index (χ4v) is 7.47. The van der Waals surface area contributed by atoms with Crippen molar-refractivity contribution in [1.29, 1.82) is 0 Å². The summed E-state index contributed by atoms with van der Waals surface area (Å²) < 4.78 is 0. The predicted octanol–water partition coefficient (Wildman–Crippen LogP) is 4.76. The fourth-order valence-electron chi connectivity index (χ4n) is 7.17. The van der Waals surface area contributed by atoms with Crippen LogP contribution >= 0.6 is 11.6 Å². The Morgan fingerprint density at radius 2 is 1.25 bits per heavy atom. The molecule has 6 aliphatic rings. The normalized spacial score (nSPS) is 39.0. The van der Waals surface area contributed by atoms with E-state index in [1.807, 2.05) is 0 Å². The SMILES string of the molecule is C.O=C(O)C1CC2CCCCC2N1.O=C1CCC2CCCCC2N1.O=C1NC2CCCCC2CC1Cl. The van der Waals surface area contributed by atoms with Crippen molar-refractivity contribution >= 4 is 29.4 Å². The summed E-state index contributed by atoms with van der Waals surface area (Å²) in [6.45, 7) is 0. The summed E-state index contributed by atoms with van der Waals surface area (Å²) in [5, 5.41) is 17.8. The first-order valence-corrected chi connectivity index (χ1v) is 14.6. The van der Waals surface area contributed by atoms with Gasteiger partial charge in [0.25, 0.3) is 0 Å². The second kappa shape index (κ2) is 14.0. The van der Waals surface area contributed by atoms with Crippen molar-refractivity contribution in [2.75, 3.05) is 0 Å². The van der Waals surface area contributed by atoms with E-state index < -0.39 is 5.97 Å². The molecular formula is C28H48ClN3O4. The third kappa shape index (κ3) is 7.83. The van der Waals surface area contributed by atoms with Crippen molar-refractivity contribution in [3.8, 4) is 0 Å². The van der Waals surface area contributed by atoms with E-state index in [9.17, 15) is 14.4 Å². The Bertz CT molecular complexity index is 736. The molecule has 0 aromatic rings. The molecule has 3 heterocycles. The Labute approximate surface area is 222 Å². The van der Waals surface area contributed by atoms with Crippen LogP contribution in [0.25, 0.3) is 0 Å². The molecule has 2 amide bonds. The monoisotopic (exact) mass is 525 g/mol. The van der Waals surface area contributed by atoms with Gasteiger partial charge in [-0.3, -0.25) is 14.4 Å². The summed E-state index contributed by atoms with van der Waals surface area (Å²) >= 11 is 5.87. The standard InChI is InChI=1S/C9H14ClNO.C9H15NO2.C9H15NO.CH4/c10-7-5-6-3-1-2-4-8(6)11-9(7)12;11-9(12)8-5-6-3-1-2-4-7(6)10-8;11-9-6-5-7-3-1-2-4-8(7)10-9;/h6-8H,1-5H2,(H,11,12);6-8,10H,1-5H2,(H,11,12);7-8H,1-6H2,(H,10,11);1H4. The minimum Gasteiger partial charge on any atom is -0.480 e. The molecule has 8 heteroatoms. The van der Waals surface area contributed by atoms with Gasteiger partial charge in [-0.05, 0) is 75.5 Å². The van der Waals surface area contributed by atoms with Crippen molar-refractivity contribution in [2.45, 2.75) is 140 Å². The topological polar surface area (TPSA) is 108 Å². The van der Waals surface area contributed by atoms with E-state index in [0.29, 0.717) is 30.0 Å². The van der Waals surface area contributed by atoms with Gasteiger partial charge in [-0.25, -0.2) is 0 Å². The van der Waals surface area contributed by atoms with Crippen molar-refractivity contribution in [3.05, 3.63) is 0 Å². The van der Waals surface area contributed by atoms with E-state index in [2.05, 4.69) is 16.0 Å². The van der Waals surface area contributed by atoms with Crippen LogP contribution in [0.15, 0.2) is 0 Å². The summed E-state index contributed by atoms with van der Waals surface area (Å²) in [6, 6.07) is 1.20. The summed E-state index contributed by atoms with van der Waals surface area (Å²) in [7, 11) is 0. The molecule has 0 aromatic carbocycles. The number of hydrogen-bond acceptors (Lipinski definition) is 4. The predicted molar refractivity (Wildman–Crippen MR) is 143 cm³/mol. The van der Waals surface area contributed by atoms with Crippen LogP contribution in [-0.4, -0.2) is 52.4 Å². The number of nitrogens with one attached hydrogen (secondary N) is 3. The van der Waals surface area contributed by atoms with Gasteiger partial charge < -0.3 is 21.1 Å². The maximum Gasteiger partial charge on any atom is 0.320 e. The first-order valence-electron chi connectivity index (χ1n) is 14.1. The number of fused-ring (bicyclic) bond motifs is 3. The lowest BCUT2D eigenvalue weighted by molar-refractivity contribution is -0.139. The minimum absolute atomic E-state index is 0. The number of carboxylic acids is 1. The van der Waals surface area contributed by atoms with E-state index in [1.54, 1.807) is 0 Å². The van der Waals surface area contributed by atoms with Crippen LogP contribution in [0.2, 0.25) is 0 Å². The Morgan fingerprint density at radius 1 is 0.722 bits per heavy atom. The van der Waals surface area contributed by atoms with Gasteiger partial charge in [-0.2, -0.15) is 0 Å². The van der Waals surface area contributed by atoms with Crippen LogP contribution in [0.4, 0.5) is 0 Å². The molecule has 6 fully saturated rings. The van der Waals surface area contributed by atoms with Crippen LogP contribution in [0.5, 0.6) is 0 Å². The number of halogens is 1. The number of aliphatic carboxylic acids is 1. The molecule has 0 aromatic heterocycles. The van der Waals surface area contributed by atoms with Crippen molar-refractivity contribution < 1.29 is 19.5 Å². The molecule has 8 unspecified atom stereocenters. The van der Waals surface area contributed by atoms with Gasteiger partial charge in [-0.1, -0.05) is 46.0 Å². The Hall–Kier alpha value is -1.34. The Morgan fingerprint density at radius 3 is 1.86 bits per heavy atom. The highest BCUT2D eigenvalue weighted by molar-refractivity contribution is 6.30. The second-order valence-electron chi connectivity index (χ2n) is 11.6. The van der Waals surface area contributed by atoms with E-state index in [0.717, 1.165) is 38.0 Å². The summed E-state index contributed by atoms with van der Waals surface area (Å²) in [5.41, 5.74) is 0. The smallest absolute Gasteiger partial charge is 0.320 e. The number of rotatable bonds is 1. The Kier molecular flexibility index (Phi) is 11.4. The fraction of sp³-hybridized carbons (Fsp3) is 0.893. The molecular weight excluding hydrogens is 478 g/mol. The van der Waals surface area contributed by atoms with Crippen molar-refractivity contribution in [2.24, 2.45) is 17.8 Å². The molecule has 206 valence electrons. The highest BCUT2D eigenvalue weighted by Gasteiger charge is 2.38. The maximum atomic E-state index is 11.2. The van der Waals surface area contributed by atoms with Crippen molar-refractivity contribution in [3.63, 3.8) is 0 Å². The quantitative estimate of drug-likeness (QED) is 0.369. The summed E-state index contributed by atoms with van der Waals surface area (Å²) in [4.78, 5) is 32.9. The van der Waals surface area contributed by atoms with Gasteiger partial charge in [0.1, 0.15) is 11.4 Å². The van der Waals surface area contributed by atoms with Crippen LogP contribution in [0.1, 0.15) is 110 Å². The van der Waals surface area contributed by atoms with Gasteiger partial charge >= 0.3 is 5.97 Å². The molecule has 3 saturated heterocycles. The number of carbonyl (C=O) groups excluding carboxylic acids is 2. The molecule has 3 saturated carbocycles. The summed E-state index contributed by atoms with van der Waals surface area (Å²) in [6.07, 6.45) is 18.8. The first-order chi connectivity index (χ1) is 16.9. The van der Waals surface area contributed by atoms with E-state index >= 15 is 0 Å². The molecule has 8 atom stereocenters. The third-order valence-corrected chi connectivity index (χ3v) is 9.57. The minimum atomic E-state index is -0.676. The molecule has 3 aliphatic carbocycles. The second-order valence-corrected chi connectivity index (χ2v) is 12.1. The lowest BCUT2D eigenvalue weighted by Crippen LogP contribution is -2.51. The number of carboxylic acid groups (broad SMARTS) is 1. The first kappa shape index (κ1) is 29.2. The van der Waals surface area contributed by atoms with Gasteiger partial charge in [0.05, 0.1) is 0 Å². The van der Waals surface area contributed by atoms with E-state index in [4.69, 9.17) is 16.7 Å². The third-order valence-electron chi connectivity index (χ3n) is 9.19. The molecule has 36 heavy (non-hydrogen) atoms. The lowest BCUT2D eigenvalue weighted by atomic mass is 9.79. The Balaban J connectivity index is 0.000000149. The van der Waals surface area contributed by atoms with E-state index in [1.165, 1.54) is 70.6 Å². The molecule has 4 N–H and O–H groups in total. The molecule has 0 bridgehead atoms. The van der Waals surface area contributed by atoms with E-state index in [-0.39, 0.29) is 30.7 Å². The maximum absolute atomic E-state index is 11.2. The zero-order chi connectivity index (χ0) is 24.8. The van der Waals surface area contributed by atoms with Gasteiger partial charge in [0.2, 0.25) is 11.8 Å². The molecule has 0 spiro atoms. The summed E-state index contributed by atoms with van der Waals surface area (Å²) in [5.74, 6) is 1.73. The number of carbonyl (C=O) groups is 3. The average Bonchev–Trinajstić information content (AvgIpc) is 3.30. The molecule has 0 radical (unpaired) electrons. The van der Waals surface area contributed by atoms with Crippen molar-refractivity contribution in [1.82, 2.24) is 16.0 Å². The number of alkyl halides is 1. The number of hydrogen-bond donors (Lipinski definition) is 4. The largest absolute Gasteiger partial charge is 0.480 e. The van der Waals surface area contributed by atoms with Gasteiger partial charge in [-0.15, -0.1) is 11.6 Å². The van der Waals surface area contributed by atoms with Gasteiger partial charge in [0.15, 0.2) is 0 Å². The molecule has 3 aliphatic heterocycles. The van der Waals surface area contributed by atoms with Crippen LogP contribution in [0, 0.1) is 17.8 Å². The molecule has 7 nitrogen and oxygen atoms in total.